The third-order valence-electron chi connectivity index (χ3n) is 4.66. The molecule has 7 heteroatoms. The standard InChI is InChI=1S/C20H26N4O3/c1-14(2)22-19(25)15-6-8-17(9-7-15)27-13-16-5-4-12-24(16)20(26)18-10-11-21-23(18)3/h6-11,14,16H,4-5,12-13H2,1-3H3,(H,22,25). The molecule has 1 aliphatic heterocycles. The Balaban J connectivity index is 1.58. The average molecular weight is 370 g/mol. The third kappa shape index (κ3) is 4.48. The SMILES string of the molecule is CC(C)NC(=O)c1ccc(OCC2CCCN2C(=O)c2ccnn2C)cc1. The Kier molecular flexibility index (Phi) is 5.78. The highest BCUT2D eigenvalue weighted by Gasteiger charge is 2.31. The van der Waals surface area contributed by atoms with Crippen LogP contribution in [0.5, 0.6) is 5.75 Å². The lowest BCUT2D eigenvalue weighted by atomic mass is 10.2. The summed E-state index contributed by atoms with van der Waals surface area (Å²) in [5.41, 5.74) is 1.19. The molecule has 0 aliphatic carbocycles. The summed E-state index contributed by atoms with van der Waals surface area (Å²) in [6.07, 6.45) is 3.51. The molecule has 1 atom stereocenters. The van der Waals surface area contributed by atoms with Gasteiger partial charge in [0.25, 0.3) is 11.8 Å². The fraction of sp³-hybridized carbons (Fsp3) is 0.450. The van der Waals surface area contributed by atoms with Crippen molar-refractivity contribution in [2.24, 2.45) is 7.05 Å². The second-order valence-corrected chi connectivity index (χ2v) is 7.10. The number of rotatable bonds is 6. The van der Waals surface area contributed by atoms with Crippen LogP contribution in [0.4, 0.5) is 0 Å². The highest BCUT2D eigenvalue weighted by Crippen LogP contribution is 2.22. The van der Waals surface area contributed by atoms with E-state index in [1.165, 1.54) is 0 Å². The molecule has 2 aromatic rings. The van der Waals surface area contributed by atoms with E-state index in [0.717, 1.165) is 19.4 Å². The normalized spacial score (nSPS) is 16.6. The number of amides is 2. The Morgan fingerprint density at radius 2 is 2.00 bits per heavy atom. The van der Waals surface area contributed by atoms with E-state index in [4.69, 9.17) is 4.74 Å². The molecule has 0 bridgehead atoms. The number of hydrogen-bond acceptors (Lipinski definition) is 4. The van der Waals surface area contributed by atoms with Gasteiger partial charge in [-0.25, -0.2) is 0 Å². The first-order chi connectivity index (χ1) is 13.0. The van der Waals surface area contributed by atoms with Crippen molar-refractivity contribution in [3.63, 3.8) is 0 Å². The molecule has 1 aromatic heterocycles. The molecule has 1 saturated heterocycles. The molecule has 0 spiro atoms. The molecule has 1 aliphatic rings. The summed E-state index contributed by atoms with van der Waals surface area (Å²) in [7, 11) is 1.77. The second-order valence-electron chi connectivity index (χ2n) is 7.10. The summed E-state index contributed by atoms with van der Waals surface area (Å²) >= 11 is 0. The van der Waals surface area contributed by atoms with Gasteiger partial charge in [0.2, 0.25) is 0 Å². The van der Waals surface area contributed by atoms with Crippen LogP contribution in [0.25, 0.3) is 0 Å². The summed E-state index contributed by atoms with van der Waals surface area (Å²) < 4.78 is 7.48. The van der Waals surface area contributed by atoms with Crippen molar-refractivity contribution in [2.75, 3.05) is 13.2 Å². The average Bonchev–Trinajstić information content (AvgIpc) is 3.28. The van der Waals surface area contributed by atoms with Gasteiger partial charge in [0.05, 0.1) is 6.04 Å². The third-order valence-corrected chi connectivity index (χ3v) is 4.66. The van der Waals surface area contributed by atoms with Gasteiger partial charge in [-0.2, -0.15) is 5.10 Å². The number of hydrogen-bond donors (Lipinski definition) is 1. The molecule has 0 saturated carbocycles. The number of carbonyl (C=O) groups is 2. The minimum absolute atomic E-state index is 0.0122. The molecule has 7 nitrogen and oxygen atoms in total. The first-order valence-electron chi connectivity index (χ1n) is 9.28. The van der Waals surface area contributed by atoms with Gasteiger partial charge >= 0.3 is 0 Å². The van der Waals surface area contributed by atoms with E-state index in [0.29, 0.717) is 23.6 Å². The quantitative estimate of drug-likeness (QED) is 0.846. The molecule has 3 rings (SSSR count). The molecule has 144 valence electrons. The molecule has 27 heavy (non-hydrogen) atoms. The zero-order valence-electron chi connectivity index (χ0n) is 16.0. The van der Waals surface area contributed by atoms with Crippen LogP contribution in [0.3, 0.4) is 0 Å². The Morgan fingerprint density at radius 1 is 1.26 bits per heavy atom. The van der Waals surface area contributed by atoms with Crippen LogP contribution in [0, 0.1) is 0 Å². The van der Waals surface area contributed by atoms with Gasteiger partial charge in [-0.3, -0.25) is 14.3 Å². The fourth-order valence-electron chi connectivity index (χ4n) is 3.25. The van der Waals surface area contributed by atoms with Gasteiger partial charge in [0, 0.05) is 31.4 Å². The van der Waals surface area contributed by atoms with E-state index in [-0.39, 0.29) is 23.9 Å². The van der Waals surface area contributed by atoms with Gasteiger partial charge in [-0.1, -0.05) is 0 Å². The number of nitrogens with one attached hydrogen (secondary N) is 1. The summed E-state index contributed by atoms with van der Waals surface area (Å²) in [4.78, 5) is 26.6. The van der Waals surface area contributed by atoms with Gasteiger partial charge in [-0.05, 0) is 57.0 Å². The Labute approximate surface area is 159 Å². The molecule has 0 radical (unpaired) electrons. The maximum Gasteiger partial charge on any atom is 0.272 e. The number of aromatic nitrogens is 2. The Hall–Kier alpha value is -2.83. The van der Waals surface area contributed by atoms with E-state index in [1.54, 1.807) is 48.3 Å². The van der Waals surface area contributed by atoms with Crippen molar-refractivity contribution in [2.45, 2.75) is 38.8 Å². The predicted molar refractivity (Wildman–Crippen MR) is 102 cm³/mol. The molecule has 1 aromatic carbocycles. The maximum atomic E-state index is 12.7. The zero-order chi connectivity index (χ0) is 19.4. The highest BCUT2D eigenvalue weighted by molar-refractivity contribution is 5.94. The highest BCUT2D eigenvalue weighted by atomic mass is 16.5. The van der Waals surface area contributed by atoms with Gasteiger partial charge < -0.3 is 15.0 Å². The predicted octanol–water partition coefficient (Wildman–Crippen LogP) is 2.24. The van der Waals surface area contributed by atoms with Crippen molar-refractivity contribution in [3.8, 4) is 5.75 Å². The van der Waals surface area contributed by atoms with Crippen LogP contribution in [-0.4, -0.2) is 51.7 Å². The monoisotopic (exact) mass is 370 g/mol. The van der Waals surface area contributed by atoms with E-state index in [1.807, 2.05) is 18.7 Å². The number of carbonyl (C=O) groups excluding carboxylic acids is 2. The summed E-state index contributed by atoms with van der Waals surface area (Å²) in [6.45, 7) is 5.01. The van der Waals surface area contributed by atoms with Crippen LogP contribution in [0.1, 0.15) is 47.5 Å². The second kappa shape index (κ2) is 8.24. The zero-order valence-corrected chi connectivity index (χ0v) is 16.0. The van der Waals surface area contributed by atoms with Crippen LogP contribution in [-0.2, 0) is 7.05 Å². The molecule has 1 N–H and O–H groups in total. The van der Waals surface area contributed by atoms with E-state index in [2.05, 4.69) is 10.4 Å². The van der Waals surface area contributed by atoms with E-state index < -0.39 is 0 Å². The first-order valence-corrected chi connectivity index (χ1v) is 9.28. The van der Waals surface area contributed by atoms with Crippen LogP contribution in [0.2, 0.25) is 0 Å². The van der Waals surface area contributed by atoms with Crippen molar-refractivity contribution in [1.82, 2.24) is 20.0 Å². The number of aryl methyl sites for hydroxylation is 1. The molecule has 2 amide bonds. The molecular formula is C20H26N4O3. The van der Waals surface area contributed by atoms with Crippen molar-refractivity contribution in [3.05, 3.63) is 47.8 Å². The molecule has 2 heterocycles. The summed E-state index contributed by atoms with van der Waals surface area (Å²) in [5.74, 6) is 0.582. The molecule has 1 fully saturated rings. The van der Waals surface area contributed by atoms with Gasteiger partial charge in [0.15, 0.2) is 0 Å². The van der Waals surface area contributed by atoms with Crippen LogP contribution >= 0.6 is 0 Å². The Morgan fingerprint density at radius 3 is 2.63 bits per heavy atom. The molecular weight excluding hydrogens is 344 g/mol. The summed E-state index contributed by atoms with van der Waals surface area (Å²) in [6, 6.07) is 8.95. The number of ether oxygens (including phenoxy) is 1. The van der Waals surface area contributed by atoms with Crippen molar-refractivity contribution >= 4 is 11.8 Å². The van der Waals surface area contributed by atoms with Crippen LogP contribution < -0.4 is 10.1 Å². The van der Waals surface area contributed by atoms with E-state index in [9.17, 15) is 9.59 Å². The minimum Gasteiger partial charge on any atom is -0.491 e. The topological polar surface area (TPSA) is 76.5 Å². The first kappa shape index (κ1) is 18.9. The van der Waals surface area contributed by atoms with Crippen LogP contribution in [0.15, 0.2) is 36.5 Å². The van der Waals surface area contributed by atoms with E-state index >= 15 is 0 Å². The Bertz CT molecular complexity index is 798. The summed E-state index contributed by atoms with van der Waals surface area (Å²) in [5, 5.41) is 6.93. The van der Waals surface area contributed by atoms with Crippen molar-refractivity contribution < 1.29 is 14.3 Å². The number of benzene rings is 1. The fourth-order valence-corrected chi connectivity index (χ4v) is 3.25. The van der Waals surface area contributed by atoms with Gasteiger partial charge in [0.1, 0.15) is 18.1 Å². The maximum absolute atomic E-state index is 12.7. The number of nitrogens with zero attached hydrogens (tertiary/aromatic N) is 3. The van der Waals surface area contributed by atoms with Gasteiger partial charge in [-0.15, -0.1) is 0 Å². The smallest absolute Gasteiger partial charge is 0.272 e. The lowest BCUT2D eigenvalue weighted by molar-refractivity contribution is 0.0680. The molecule has 1 unspecified atom stereocenters. The lowest BCUT2D eigenvalue weighted by Gasteiger charge is -2.24. The van der Waals surface area contributed by atoms with Crippen molar-refractivity contribution in [1.29, 1.82) is 0 Å². The largest absolute Gasteiger partial charge is 0.491 e. The number of likely N-dealkylation sites (tertiary alicyclic amines) is 1. The minimum atomic E-state index is -0.0970. The lowest BCUT2D eigenvalue weighted by Crippen LogP contribution is -2.39.